The molecule has 0 spiro atoms. The van der Waals surface area contributed by atoms with E-state index in [-0.39, 0.29) is 42.8 Å². The van der Waals surface area contributed by atoms with E-state index in [0.717, 1.165) is 18.1 Å². The lowest BCUT2D eigenvalue weighted by Crippen LogP contribution is -2.39. The number of benzene rings is 2. The summed E-state index contributed by atoms with van der Waals surface area (Å²) in [4.78, 5) is 14.0. The Morgan fingerprint density at radius 3 is 2.76 bits per heavy atom. The number of ether oxygens (including phenoxy) is 1. The lowest BCUT2D eigenvalue weighted by atomic mass is 10.1. The monoisotopic (exact) mass is 401 g/mol. The topological polar surface area (TPSA) is 67.6 Å². The molecule has 29 heavy (non-hydrogen) atoms. The van der Waals surface area contributed by atoms with Gasteiger partial charge in [0.2, 0.25) is 5.91 Å². The molecular formula is C22H25F2N3O2. The Labute approximate surface area is 168 Å². The van der Waals surface area contributed by atoms with Crippen LogP contribution in [0.2, 0.25) is 0 Å². The zero-order valence-corrected chi connectivity index (χ0v) is 16.1. The Morgan fingerprint density at radius 1 is 1.24 bits per heavy atom. The molecule has 2 aromatic rings. The van der Waals surface area contributed by atoms with Crippen LogP contribution in [0, 0.1) is 11.6 Å². The first-order valence-corrected chi connectivity index (χ1v) is 9.93. The Balaban J connectivity index is 1.38. The Morgan fingerprint density at radius 2 is 2.03 bits per heavy atom. The summed E-state index contributed by atoms with van der Waals surface area (Å²) in [6.45, 7) is 1.67. The summed E-state index contributed by atoms with van der Waals surface area (Å²) in [5, 5.41) is 3.20. The fourth-order valence-electron chi connectivity index (χ4n) is 3.85. The van der Waals surface area contributed by atoms with Crippen LogP contribution in [0.3, 0.4) is 0 Å². The van der Waals surface area contributed by atoms with Crippen LogP contribution in [0.25, 0.3) is 0 Å². The number of nitrogens with zero attached hydrogens (tertiary/aromatic N) is 1. The quantitative estimate of drug-likeness (QED) is 0.748. The Hall–Kier alpha value is -2.51. The molecule has 154 valence electrons. The molecule has 2 aliphatic rings. The minimum absolute atomic E-state index is 0.00416. The molecular weight excluding hydrogens is 376 g/mol. The van der Waals surface area contributed by atoms with Crippen LogP contribution >= 0.6 is 0 Å². The number of halogens is 2. The molecule has 3 atom stereocenters. The summed E-state index contributed by atoms with van der Waals surface area (Å²) < 4.78 is 34.0. The highest BCUT2D eigenvalue weighted by atomic mass is 19.1. The van der Waals surface area contributed by atoms with E-state index < -0.39 is 11.6 Å². The van der Waals surface area contributed by atoms with E-state index in [9.17, 15) is 13.6 Å². The van der Waals surface area contributed by atoms with Crippen molar-refractivity contribution in [3.05, 3.63) is 65.2 Å². The molecule has 0 radical (unpaired) electrons. The van der Waals surface area contributed by atoms with E-state index >= 15 is 0 Å². The van der Waals surface area contributed by atoms with E-state index in [1.807, 2.05) is 30.3 Å². The van der Waals surface area contributed by atoms with Crippen molar-refractivity contribution in [2.24, 2.45) is 5.73 Å². The number of hydrogen-bond acceptors (Lipinski definition) is 4. The summed E-state index contributed by atoms with van der Waals surface area (Å²) in [5.74, 6) is -1.32. The Kier molecular flexibility index (Phi) is 5.78. The number of hydrogen-bond donors (Lipinski definition) is 2. The molecule has 2 fully saturated rings. The standard InChI is InChI=1S/C22H25F2N3O2/c23-15-8-18(22(19(24)9-15)29-13-14-4-2-1-3-5-14)17-10-20(17)26-11-21(28)27-7-6-16(25)12-27/h1-5,8-9,16-17,20,26H,6-7,10-13,25H2/t16-,17+,20-/m1/s1. The third-order valence-corrected chi connectivity index (χ3v) is 5.55. The maximum absolute atomic E-state index is 14.4. The molecule has 0 bridgehead atoms. The second-order valence-electron chi connectivity index (χ2n) is 7.80. The molecule has 3 N–H and O–H groups in total. The minimum atomic E-state index is -0.705. The van der Waals surface area contributed by atoms with Crippen molar-refractivity contribution in [3.63, 3.8) is 0 Å². The number of amides is 1. The number of nitrogens with two attached hydrogens (primary N) is 1. The predicted molar refractivity (Wildman–Crippen MR) is 105 cm³/mol. The molecule has 1 amide bonds. The first-order chi connectivity index (χ1) is 14.0. The lowest BCUT2D eigenvalue weighted by Gasteiger charge is -2.16. The van der Waals surface area contributed by atoms with E-state index in [4.69, 9.17) is 10.5 Å². The highest BCUT2D eigenvalue weighted by Gasteiger charge is 2.41. The molecule has 1 aliphatic carbocycles. The summed E-state index contributed by atoms with van der Waals surface area (Å²) >= 11 is 0. The van der Waals surface area contributed by atoms with Crippen LogP contribution in [0.4, 0.5) is 8.78 Å². The summed E-state index contributed by atoms with van der Waals surface area (Å²) in [7, 11) is 0. The molecule has 0 aromatic heterocycles. The fraction of sp³-hybridized carbons (Fsp3) is 0.409. The molecule has 1 heterocycles. The van der Waals surface area contributed by atoms with Gasteiger partial charge in [-0.3, -0.25) is 4.79 Å². The fourth-order valence-corrected chi connectivity index (χ4v) is 3.85. The molecule has 5 nitrogen and oxygen atoms in total. The maximum atomic E-state index is 14.4. The van der Waals surface area contributed by atoms with Gasteiger partial charge < -0.3 is 20.7 Å². The van der Waals surface area contributed by atoms with Crippen molar-refractivity contribution in [1.82, 2.24) is 10.2 Å². The zero-order valence-electron chi connectivity index (χ0n) is 16.1. The third-order valence-electron chi connectivity index (χ3n) is 5.55. The second-order valence-corrected chi connectivity index (χ2v) is 7.80. The van der Waals surface area contributed by atoms with Crippen molar-refractivity contribution in [1.29, 1.82) is 0 Å². The van der Waals surface area contributed by atoms with Crippen LogP contribution in [0.1, 0.15) is 29.9 Å². The van der Waals surface area contributed by atoms with Crippen LogP contribution in [0.5, 0.6) is 5.75 Å². The first kappa shape index (κ1) is 19.8. The van der Waals surface area contributed by atoms with Gasteiger partial charge in [0.15, 0.2) is 11.6 Å². The van der Waals surface area contributed by atoms with Crippen molar-refractivity contribution >= 4 is 5.91 Å². The smallest absolute Gasteiger partial charge is 0.236 e. The van der Waals surface area contributed by atoms with Gasteiger partial charge in [-0.1, -0.05) is 30.3 Å². The second kappa shape index (κ2) is 8.47. The number of nitrogens with one attached hydrogen (secondary N) is 1. The van der Waals surface area contributed by atoms with E-state index in [1.165, 1.54) is 6.07 Å². The minimum Gasteiger partial charge on any atom is -0.486 e. The van der Waals surface area contributed by atoms with Crippen LogP contribution in [-0.4, -0.2) is 42.5 Å². The first-order valence-electron chi connectivity index (χ1n) is 9.93. The van der Waals surface area contributed by atoms with Crippen molar-refractivity contribution < 1.29 is 18.3 Å². The van der Waals surface area contributed by atoms with Crippen molar-refractivity contribution in [3.8, 4) is 5.75 Å². The van der Waals surface area contributed by atoms with Gasteiger partial charge in [0.25, 0.3) is 0 Å². The van der Waals surface area contributed by atoms with Gasteiger partial charge >= 0.3 is 0 Å². The normalized spacial score (nSPS) is 23.3. The average Bonchev–Trinajstić information content (AvgIpc) is 3.35. The van der Waals surface area contributed by atoms with E-state index in [1.54, 1.807) is 4.90 Å². The van der Waals surface area contributed by atoms with Crippen LogP contribution < -0.4 is 15.8 Å². The highest BCUT2D eigenvalue weighted by Crippen LogP contribution is 2.46. The number of likely N-dealkylation sites (tertiary alicyclic amines) is 1. The van der Waals surface area contributed by atoms with Gasteiger partial charge in [-0.2, -0.15) is 0 Å². The van der Waals surface area contributed by atoms with E-state index in [2.05, 4.69) is 5.32 Å². The van der Waals surface area contributed by atoms with Gasteiger partial charge in [0, 0.05) is 42.7 Å². The molecule has 4 rings (SSSR count). The van der Waals surface area contributed by atoms with Gasteiger partial charge in [-0.05, 0) is 24.5 Å². The molecule has 1 saturated heterocycles. The average molecular weight is 401 g/mol. The predicted octanol–water partition coefficient (Wildman–Crippen LogP) is 2.55. The number of carbonyl (C=O) groups excluding carboxylic acids is 1. The molecule has 7 heteroatoms. The lowest BCUT2D eigenvalue weighted by molar-refractivity contribution is -0.129. The zero-order chi connectivity index (χ0) is 20.4. The Bertz CT molecular complexity index is 878. The molecule has 1 saturated carbocycles. The van der Waals surface area contributed by atoms with Gasteiger partial charge in [-0.15, -0.1) is 0 Å². The molecule has 2 aromatic carbocycles. The van der Waals surface area contributed by atoms with Crippen LogP contribution in [0.15, 0.2) is 42.5 Å². The number of rotatable bonds is 7. The largest absolute Gasteiger partial charge is 0.486 e. The maximum Gasteiger partial charge on any atom is 0.236 e. The van der Waals surface area contributed by atoms with Gasteiger partial charge in [-0.25, -0.2) is 8.78 Å². The van der Waals surface area contributed by atoms with Crippen LogP contribution in [-0.2, 0) is 11.4 Å². The van der Waals surface area contributed by atoms with Gasteiger partial charge in [0.1, 0.15) is 12.4 Å². The summed E-state index contributed by atoms with van der Waals surface area (Å²) in [6, 6.07) is 11.6. The van der Waals surface area contributed by atoms with E-state index in [0.29, 0.717) is 25.1 Å². The SMILES string of the molecule is N[C@@H]1CCN(C(=O)CN[C@@H]2C[C@H]2c2cc(F)cc(F)c2OCc2ccccc2)C1. The van der Waals surface area contributed by atoms with Crippen molar-refractivity contribution in [2.75, 3.05) is 19.6 Å². The third kappa shape index (κ3) is 4.74. The molecule has 1 aliphatic heterocycles. The van der Waals surface area contributed by atoms with Crippen molar-refractivity contribution in [2.45, 2.75) is 37.5 Å². The molecule has 0 unspecified atom stereocenters. The van der Waals surface area contributed by atoms with Gasteiger partial charge in [0.05, 0.1) is 6.54 Å². The highest BCUT2D eigenvalue weighted by molar-refractivity contribution is 5.78. The summed E-state index contributed by atoms with van der Waals surface area (Å²) in [6.07, 6.45) is 1.53. The summed E-state index contributed by atoms with van der Waals surface area (Å²) in [5.41, 5.74) is 7.26. The number of carbonyl (C=O) groups is 1.